The lowest BCUT2D eigenvalue weighted by molar-refractivity contribution is -0.135. The van der Waals surface area contributed by atoms with Crippen molar-refractivity contribution in [3.8, 4) is 0 Å². The zero-order chi connectivity index (χ0) is 18.3. The van der Waals surface area contributed by atoms with Crippen molar-refractivity contribution in [1.29, 1.82) is 0 Å². The lowest BCUT2D eigenvalue weighted by Gasteiger charge is -2.26. The molecule has 0 saturated carbocycles. The zero-order valence-electron chi connectivity index (χ0n) is 17.3. The fourth-order valence-electron chi connectivity index (χ4n) is 2.75. The topological polar surface area (TPSA) is 26.3 Å². The maximum atomic E-state index is 11.9. The Labute approximate surface area is 153 Å². The number of hydrogen-bond acceptors (Lipinski definition) is 2. The summed E-state index contributed by atoms with van der Waals surface area (Å²) in [4.78, 5) is 11.9. The third kappa shape index (κ3) is 14.1. The fraction of sp³-hybridized carbons (Fsp3) is 0.952. The maximum Gasteiger partial charge on any atom is 0.292 e. The first kappa shape index (κ1) is 23.7. The molecule has 0 heterocycles. The number of rotatable bonds is 16. The Morgan fingerprint density at radius 2 is 1.12 bits per heavy atom. The van der Waals surface area contributed by atoms with Crippen LogP contribution in [0.15, 0.2) is 0 Å². The first-order valence-corrected chi connectivity index (χ1v) is 13.6. The van der Waals surface area contributed by atoms with Crippen molar-refractivity contribution in [2.45, 2.75) is 129 Å². The molecule has 3 heteroatoms. The Balaban J connectivity index is 3.32. The standard InChI is InChI=1S/C21H44O2Si/c1-6-7-8-9-10-11-12-13-14-15-16-17-18-19-21(22)23-24(4,5)20(2)3/h20H,6-19H2,1-5H3. The van der Waals surface area contributed by atoms with Crippen molar-refractivity contribution in [2.75, 3.05) is 0 Å². The van der Waals surface area contributed by atoms with Gasteiger partial charge in [-0.1, -0.05) is 97.8 Å². The number of hydrogen-bond donors (Lipinski definition) is 0. The number of carbonyl (C=O) groups excluding carboxylic acids is 1. The molecule has 0 N–H and O–H groups in total. The van der Waals surface area contributed by atoms with E-state index < -0.39 is 8.32 Å². The smallest absolute Gasteiger partial charge is 0.292 e. The highest BCUT2D eigenvalue weighted by Crippen LogP contribution is 2.22. The quantitative estimate of drug-likeness (QED) is 0.210. The molecular formula is C21H44O2Si. The van der Waals surface area contributed by atoms with Gasteiger partial charge >= 0.3 is 0 Å². The van der Waals surface area contributed by atoms with Crippen LogP contribution < -0.4 is 0 Å². The Morgan fingerprint density at radius 1 is 0.750 bits per heavy atom. The van der Waals surface area contributed by atoms with Crippen molar-refractivity contribution in [2.24, 2.45) is 0 Å². The summed E-state index contributed by atoms with van der Waals surface area (Å²) < 4.78 is 5.71. The van der Waals surface area contributed by atoms with Gasteiger partial charge < -0.3 is 4.43 Å². The van der Waals surface area contributed by atoms with Crippen LogP contribution in [0.4, 0.5) is 0 Å². The summed E-state index contributed by atoms with van der Waals surface area (Å²) in [5.74, 6) is 0.0310. The van der Waals surface area contributed by atoms with E-state index in [-0.39, 0.29) is 5.97 Å². The van der Waals surface area contributed by atoms with Gasteiger partial charge in [0.15, 0.2) is 0 Å². The van der Waals surface area contributed by atoms with Crippen molar-refractivity contribution in [3.05, 3.63) is 0 Å². The summed E-state index contributed by atoms with van der Waals surface area (Å²) in [6.45, 7) is 10.9. The second-order valence-corrected chi connectivity index (χ2v) is 12.8. The van der Waals surface area contributed by atoms with Crippen molar-refractivity contribution < 1.29 is 9.22 Å². The van der Waals surface area contributed by atoms with Crippen LogP contribution in [0.25, 0.3) is 0 Å². The fourth-order valence-corrected chi connectivity index (χ4v) is 3.67. The number of carbonyl (C=O) groups is 1. The molecule has 0 saturated heterocycles. The molecule has 0 aliphatic carbocycles. The molecule has 2 nitrogen and oxygen atoms in total. The monoisotopic (exact) mass is 356 g/mol. The Morgan fingerprint density at radius 3 is 1.50 bits per heavy atom. The van der Waals surface area contributed by atoms with Gasteiger partial charge in [0.25, 0.3) is 14.3 Å². The second kappa shape index (κ2) is 15.0. The van der Waals surface area contributed by atoms with Crippen molar-refractivity contribution >= 4 is 14.3 Å². The van der Waals surface area contributed by atoms with Crippen molar-refractivity contribution in [1.82, 2.24) is 0 Å². The van der Waals surface area contributed by atoms with E-state index in [1.165, 1.54) is 77.0 Å². The summed E-state index contributed by atoms with van der Waals surface area (Å²) in [7, 11) is -1.80. The van der Waals surface area contributed by atoms with E-state index in [1.54, 1.807) is 0 Å². The van der Waals surface area contributed by atoms with E-state index in [0.29, 0.717) is 12.0 Å². The van der Waals surface area contributed by atoms with Gasteiger partial charge in [0.05, 0.1) is 0 Å². The molecule has 0 aliphatic heterocycles. The van der Waals surface area contributed by atoms with Gasteiger partial charge in [0, 0.05) is 6.42 Å². The molecule has 0 amide bonds. The van der Waals surface area contributed by atoms with Crippen LogP contribution in [0.3, 0.4) is 0 Å². The average molecular weight is 357 g/mol. The Hall–Kier alpha value is -0.313. The molecule has 0 radical (unpaired) electrons. The van der Waals surface area contributed by atoms with Crippen LogP contribution in [0, 0.1) is 0 Å². The molecule has 0 aliphatic rings. The molecule has 0 atom stereocenters. The Bertz CT molecular complexity index is 300. The molecular weight excluding hydrogens is 312 g/mol. The first-order valence-electron chi connectivity index (χ1n) is 10.6. The van der Waals surface area contributed by atoms with E-state index >= 15 is 0 Å². The minimum absolute atomic E-state index is 0.0310. The van der Waals surface area contributed by atoms with Crippen LogP contribution in [0.1, 0.15) is 111 Å². The third-order valence-corrected chi connectivity index (χ3v) is 8.79. The highest BCUT2D eigenvalue weighted by molar-refractivity contribution is 6.73. The summed E-state index contributed by atoms with van der Waals surface area (Å²) in [5.41, 5.74) is 0.494. The average Bonchev–Trinajstić information content (AvgIpc) is 2.51. The van der Waals surface area contributed by atoms with E-state index in [9.17, 15) is 4.79 Å². The first-order chi connectivity index (χ1) is 11.4. The molecule has 24 heavy (non-hydrogen) atoms. The molecule has 0 spiro atoms. The van der Waals surface area contributed by atoms with Crippen LogP contribution in [-0.4, -0.2) is 14.3 Å². The van der Waals surface area contributed by atoms with E-state index in [4.69, 9.17) is 4.43 Å². The highest BCUT2D eigenvalue weighted by Gasteiger charge is 2.30. The predicted octanol–water partition coefficient (Wildman–Crippen LogP) is 7.63. The molecule has 144 valence electrons. The van der Waals surface area contributed by atoms with Gasteiger partial charge in [-0.3, -0.25) is 4.79 Å². The molecule has 0 fully saturated rings. The summed E-state index contributed by atoms with van der Waals surface area (Å²) >= 11 is 0. The Kier molecular flexibility index (Phi) is 14.8. The summed E-state index contributed by atoms with van der Waals surface area (Å²) in [6.07, 6.45) is 18.0. The maximum absolute atomic E-state index is 11.9. The molecule has 0 aromatic heterocycles. The van der Waals surface area contributed by atoms with Gasteiger partial charge in [-0.05, 0) is 25.1 Å². The molecule has 0 aromatic carbocycles. The highest BCUT2D eigenvalue weighted by atomic mass is 28.4. The second-order valence-electron chi connectivity index (χ2n) is 8.22. The summed E-state index contributed by atoms with van der Waals surface area (Å²) in [5, 5.41) is 0. The van der Waals surface area contributed by atoms with Crippen LogP contribution in [0.5, 0.6) is 0 Å². The lowest BCUT2D eigenvalue weighted by Crippen LogP contribution is -2.36. The van der Waals surface area contributed by atoms with E-state index in [2.05, 4.69) is 33.9 Å². The third-order valence-electron chi connectivity index (χ3n) is 5.25. The van der Waals surface area contributed by atoms with E-state index in [0.717, 1.165) is 6.42 Å². The molecule has 0 unspecified atom stereocenters. The zero-order valence-corrected chi connectivity index (χ0v) is 18.3. The van der Waals surface area contributed by atoms with Crippen molar-refractivity contribution in [3.63, 3.8) is 0 Å². The van der Waals surface area contributed by atoms with Crippen LogP contribution >= 0.6 is 0 Å². The van der Waals surface area contributed by atoms with Gasteiger partial charge in [-0.2, -0.15) is 0 Å². The minimum Gasteiger partial charge on any atom is -0.519 e. The molecule has 0 rings (SSSR count). The van der Waals surface area contributed by atoms with Gasteiger partial charge in [-0.25, -0.2) is 0 Å². The molecule has 0 aromatic rings. The van der Waals surface area contributed by atoms with Crippen LogP contribution in [-0.2, 0) is 9.22 Å². The largest absolute Gasteiger partial charge is 0.519 e. The van der Waals surface area contributed by atoms with Crippen LogP contribution in [0.2, 0.25) is 18.6 Å². The van der Waals surface area contributed by atoms with Gasteiger partial charge in [-0.15, -0.1) is 0 Å². The number of unbranched alkanes of at least 4 members (excludes halogenated alkanes) is 12. The van der Waals surface area contributed by atoms with Gasteiger partial charge in [0.2, 0.25) is 0 Å². The van der Waals surface area contributed by atoms with Gasteiger partial charge in [0.1, 0.15) is 0 Å². The van der Waals surface area contributed by atoms with E-state index in [1.807, 2.05) is 0 Å². The predicted molar refractivity (Wildman–Crippen MR) is 109 cm³/mol. The summed E-state index contributed by atoms with van der Waals surface area (Å²) in [6, 6.07) is 0. The SMILES string of the molecule is CCCCCCCCCCCCCCCC(=O)O[Si](C)(C)C(C)C. The molecule has 0 bridgehead atoms. The normalized spacial score (nSPS) is 11.9. The lowest BCUT2D eigenvalue weighted by atomic mass is 10.0. The minimum atomic E-state index is -1.80.